The fraction of sp³-hybridized carbons (Fsp3) is 0.350. The molecule has 1 N–H and O–H groups in total. The van der Waals surface area contributed by atoms with Gasteiger partial charge in [0.05, 0.1) is 5.52 Å². The molecule has 9 heteroatoms. The summed E-state index contributed by atoms with van der Waals surface area (Å²) in [5.74, 6) is -0.0509. The molecule has 0 spiro atoms. The molecular formula is C20H21ClN4O3S. The number of thiophene rings is 1. The lowest BCUT2D eigenvalue weighted by molar-refractivity contribution is -0.131. The predicted octanol–water partition coefficient (Wildman–Crippen LogP) is 2.45. The third kappa shape index (κ3) is 3.95. The number of amides is 1. The van der Waals surface area contributed by atoms with Gasteiger partial charge in [-0.1, -0.05) is 17.7 Å². The van der Waals surface area contributed by atoms with Crippen LogP contribution in [0.5, 0.6) is 0 Å². The summed E-state index contributed by atoms with van der Waals surface area (Å²) in [7, 11) is 0. The number of piperazine rings is 1. The fourth-order valence-electron chi connectivity index (χ4n) is 3.66. The van der Waals surface area contributed by atoms with E-state index in [4.69, 9.17) is 11.6 Å². The number of carbonyl (C=O) groups is 1. The molecule has 152 valence electrons. The van der Waals surface area contributed by atoms with Gasteiger partial charge in [0.25, 0.3) is 5.56 Å². The van der Waals surface area contributed by atoms with Gasteiger partial charge in [-0.2, -0.15) is 0 Å². The quantitative estimate of drug-likeness (QED) is 0.686. The van der Waals surface area contributed by atoms with Gasteiger partial charge in [0.2, 0.25) is 5.91 Å². The van der Waals surface area contributed by atoms with Crippen molar-refractivity contribution in [1.29, 1.82) is 0 Å². The Balaban J connectivity index is 1.39. The first-order chi connectivity index (χ1) is 13.9. The maximum absolute atomic E-state index is 12.6. The third-order valence-corrected chi connectivity index (χ3v) is 6.42. The number of H-pyrrole nitrogens is 1. The molecule has 0 saturated carbocycles. The molecule has 0 unspecified atom stereocenters. The summed E-state index contributed by atoms with van der Waals surface area (Å²) < 4.78 is 1.62. The molecule has 1 aliphatic rings. The summed E-state index contributed by atoms with van der Waals surface area (Å²) in [4.78, 5) is 44.0. The molecule has 1 aromatic carbocycles. The standard InChI is InChI=1S/C20H21ClN4O3S/c1-13-2-3-14(21)12-16(13)23-7-9-24(10-8-23)17(26)4-6-25-19(27)18-15(5-11-29-18)22-20(25)28/h2-3,5,11-12H,4,6-10H2,1H3,(H,22,28). The number of aromatic amines is 1. The highest BCUT2D eigenvalue weighted by molar-refractivity contribution is 7.17. The summed E-state index contributed by atoms with van der Waals surface area (Å²) in [5, 5.41) is 2.46. The number of nitrogens with one attached hydrogen (secondary N) is 1. The van der Waals surface area contributed by atoms with E-state index in [1.807, 2.05) is 25.1 Å². The maximum Gasteiger partial charge on any atom is 0.328 e. The van der Waals surface area contributed by atoms with Crippen molar-refractivity contribution in [2.24, 2.45) is 0 Å². The number of benzene rings is 1. The van der Waals surface area contributed by atoms with E-state index in [9.17, 15) is 14.4 Å². The van der Waals surface area contributed by atoms with Gasteiger partial charge in [-0.05, 0) is 36.1 Å². The molecule has 0 atom stereocenters. The average Bonchev–Trinajstić information content (AvgIpc) is 3.18. The van der Waals surface area contributed by atoms with Crippen molar-refractivity contribution < 1.29 is 4.79 Å². The van der Waals surface area contributed by atoms with E-state index in [-0.39, 0.29) is 24.4 Å². The van der Waals surface area contributed by atoms with Crippen molar-refractivity contribution in [3.8, 4) is 0 Å². The van der Waals surface area contributed by atoms with Crippen LogP contribution in [-0.2, 0) is 11.3 Å². The van der Waals surface area contributed by atoms with Crippen molar-refractivity contribution in [1.82, 2.24) is 14.5 Å². The molecule has 0 aliphatic carbocycles. The third-order valence-electron chi connectivity index (χ3n) is 5.28. The number of hydrogen-bond donors (Lipinski definition) is 1. The number of rotatable bonds is 4. The number of anilines is 1. The number of fused-ring (bicyclic) bond motifs is 1. The van der Waals surface area contributed by atoms with E-state index in [0.717, 1.165) is 15.8 Å². The number of hydrogen-bond acceptors (Lipinski definition) is 5. The minimum Gasteiger partial charge on any atom is -0.368 e. The molecule has 1 amide bonds. The Morgan fingerprint density at radius 2 is 1.93 bits per heavy atom. The van der Waals surface area contributed by atoms with E-state index in [1.54, 1.807) is 16.3 Å². The molecular weight excluding hydrogens is 412 g/mol. The molecule has 3 heterocycles. The second-order valence-electron chi connectivity index (χ2n) is 7.10. The Bertz CT molecular complexity index is 1170. The predicted molar refractivity (Wildman–Crippen MR) is 116 cm³/mol. The van der Waals surface area contributed by atoms with Gasteiger partial charge < -0.3 is 14.8 Å². The summed E-state index contributed by atoms with van der Waals surface area (Å²) in [6.45, 7) is 4.75. The molecule has 1 fully saturated rings. The number of carbonyl (C=O) groups excluding carboxylic acids is 1. The Labute approximate surface area is 176 Å². The zero-order valence-electron chi connectivity index (χ0n) is 16.0. The highest BCUT2D eigenvalue weighted by atomic mass is 35.5. The smallest absolute Gasteiger partial charge is 0.328 e. The summed E-state index contributed by atoms with van der Waals surface area (Å²) in [5.41, 5.74) is 1.96. The Morgan fingerprint density at radius 1 is 1.17 bits per heavy atom. The molecule has 1 aliphatic heterocycles. The highest BCUT2D eigenvalue weighted by Crippen LogP contribution is 2.25. The Morgan fingerprint density at radius 3 is 2.69 bits per heavy atom. The first kappa shape index (κ1) is 19.7. The van der Waals surface area contributed by atoms with Crippen LogP contribution in [0.1, 0.15) is 12.0 Å². The van der Waals surface area contributed by atoms with Crippen LogP contribution >= 0.6 is 22.9 Å². The van der Waals surface area contributed by atoms with Crippen LogP contribution in [0.2, 0.25) is 5.02 Å². The van der Waals surface area contributed by atoms with Crippen molar-refractivity contribution in [3.05, 3.63) is 61.1 Å². The molecule has 7 nitrogen and oxygen atoms in total. The second kappa shape index (κ2) is 8.04. The average molecular weight is 433 g/mol. The number of aryl methyl sites for hydroxylation is 1. The van der Waals surface area contributed by atoms with Crippen LogP contribution in [0.4, 0.5) is 5.69 Å². The topological polar surface area (TPSA) is 78.4 Å². The molecule has 29 heavy (non-hydrogen) atoms. The molecule has 3 aromatic rings. The van der Waals surface area contributed by atoms with Crippen LogP contribution in [0.15, 0.2) is 39.2 Å². The highest BCUT2D eigenvalue weighted by Gasteiger charge is 2.22. The zero-order valence-corrected chi connectivity index (χ0v) is 17.6. The van der Waals surface area contributed by atoms with Crippen LogP contribution in [0, 0.1) is 6.92 Å². The van der Waals surface area contributed by atoms with Gasteiger partial charge in [-0.15, -0.1) is 11.3 Å². The minimum atomic E-state index is -0.477. The lowest BCUT2D eigenvalue weighted by Gasteiger charge is -2.37. The monoisotopic (exact) mass is 432 g/mol. The number of nitrogens with zero attached hydrogens (tertiary/aromatic N) is 3. The maximum atomic E-state index is 12.6. The van der Waals surface area contributed by atoms with Gasteiger partial charge in [0, 0.05) is 49.9 Å². The fourth-order valence-corrected chi connectivity index (χ4v) is 4.62. The first-order valence-electron chi connectivity index (χ1n) is 9.43. The molecule has 0 bridgehead atoms. The van der Waals surface area contributed by atoms with Gasteiger partial charge >= 0.3 is 5.69 Å². The van der Waals surface area contributed by atoms with Crippen molar-refractivity contribution in [2.75, 3.05) is 31.1 Å². The van der Waals surface area contributed by atoms with Crippen molar-refractivity contribution in [3.63, 3.8) is 0 Å². The normalized spacial score (nSPS) is 14.6. The Hall–Kier alpha value is -2.58. The van der Waals surface area contributed by atoms with Gasteiger partial charge in [-0.25, -0.2) is 4.79 Å². The van der Waals surface area contributed by atoms with Crippen molar-refractivity contribution in [2.45, 2.75) is 19.9 Å². The van der Waals surface area contributed by atoms with Crippen LogP contribution in [0.25, 0.3) is 10.2 Å². The van der Waals surface area contributed by atoms with E-state index in [2.05, 4.69) is 9.88 Å². The molecule has 2 aromatic heterocycles. The number of aromatic nitrogens is 2. The van der Waals surface area contributed by atoms with Crippen molar-refractivity contribution >= 4 is 44.7 Å². The van der Waals surface area contributed by atoms with E-state index < -0.39 is 5.69 Å². The van der Waals surface area contributed by atoms with Crippen LogP contribution in [-0.4, -0.2) is 46.5 Å². The lowest BCUT2D eigenvalue weighted by Crippen LogP contribution is -2.49. The van der Waals surface area contributed by atoms with E-state index >= 15 is 0 Å². The van der Waals surface area contributed by atoms with Gasteiger partial charge in [0.1, 0.15) is 4.70 Å². The second-order valence-corrected chi connectivity index (χ2v) is 8.45. The molecule has 1 saturated heterocycles. The Kier molecular flexibility index (Phi) is 5.47. The van der Waals surface area contributed by atoms with Crippen LogP contribution in [0.3, 0.4) is 0 Å². The summed E-state index contributed by atoms with van der Waals surface area (Å²) >= 11 is 7.41. The molecule has 0 radical (unpaired) electrons. The summed E-state index contributed by atoms with van der Waals surface area (Å²) in [6.07, 6.45) is 0.121. The zero-order chi connectivity index (χ0) is 20.5. The van der Waals surface area contributed by atoms with Crippen LogP contribution < -0.4 is 16.1 Å². The van der Waals surface area contributed by atoms with Gasteiger partial charge in [0.15, 0.2) is 0 Å². The van der Waals surface area contributed by atoms with Gasteiger partial charge in [-0.3, -0.25) is 14.2 Å². The SMILES string of the molecule is Cc1ccc(Cl)cc1N1CCN(C(=O)CCn2c(=O)[nH]c3ccsc3c2=O)CC1. The van der Waals surface area contributed by atoms with E-state index in [1.165, 1.54) is 11.3 Å². The van der Waals surface area contributed by atoms with E-state index in [0.29, 0.717) is 41.4 Å². The number of halogens is 1. The lowest BCUT2D eigenvalue weighted by atomic mass is 10.1. The first-order valence-corrected chi connectivity index (χ1v) is 10.7. The largest absolute Gasteiger partial charge is 0.368 e. The minimum absolute atomic E-state index is 0.0509. The molecule has 4 rings (SSSR count). The summed E-state index contributed by atoms with van der Waals surface area (Å²) in [6, 6.07) is 7.53.